The van der Waals surface area contributed by atoms with Crippen LogP contribution < -0.4 is 10.2 Å². The first-order chi connectivity index (χ1) is 16.0. The molecule has 8 heteroatoms. The third-order valence-electron chi connectivity index (χ3n) is 4.89. The molecule has 1 N–H and O–H groups in total. The van der Waals surface area contributed by atoms with Gasteiger partial charge in [-0.25, -0.2) is 10.2 Å². The number of pyridine rings is 1. The van der Waals surface area contributed by atoms with E-state index in [-0.39, 0.29) is 6.61 Å². The summed E-state index contributed by atoms with van der Waals surface area (Å²) in [4.78, 5) is 28.2. The Morgan fingerprint density at radius 2 is 1.97 bits per heavy atom. The molecule has 0 saturated carbocycles. The van der Waals surface area contributed by atoms with Gasteiger partial charge in [0.25, 0.3) is 5.91 Å². The van der Waals surface area contributed by atoms with Crippen molar-refractivity contribution in [1.82, 2.24) is 10.4 Å². The van der Waals surface area contributed by atoms with Crippen LogP contribution in [0.2, 0.25) is 0 Å². The van der Waals surface area contributed by atoms with Crippen molar-refractivity contribution in [2.75, 3.05) is 13.7 Å². The van der Waals surface area contributed by atoms with E-state index in [1.165, 1.54) is 13.3 Å². The molecule has 0 aliphatic heterocycles. The van der Waals surface area contributed by atoms with Crippen molar-refractivity contribution in [3.63, 3.8) is 0 Å². The van der Waals surface area contributed by atoms with Crippen LogP contribution in [0.25, 0.3) is 22.2 Å². The van der Waals surface area contributed by atoms with Gasteiger partial charge in [0, 0.05) is 17.1 Å². The molecule has 33 heavy (non-hydrogen) atoms. The first-order valence-electron chi connectivity index (χ1n) is 10.1. The van der Waals surface area contributed by atoms with Crippen LogP contribution in [-0.2, 0) is 9.53 Å². The van der Waals surface area contributed by atoms with E-state index in [0.717, 1.165) is 16.5 Å². The lowest BCUT2D eigenvalue weighted by Crippen LogP contribution is -2.24. The zero-order valence-electron chi connectivity index (χ0n) is 18.1. The highest BCUT2D eigenvalue weighted by Crippen LogP contribution is 2.27. The average molecular weight is 443 g/mol. The number of methoxy groups -OCH3 is 1. The minimum absolute atomic E-state index is 0.212. The molecule has 2 heterocycles. The monoisotopic (exact) mass is 443 g/mol. The number of nitrogens with one attached hydrogen (secondary N) is 1. The number of hydrazone groups is 1. The van der Waals surface area contributed by atoms with E-state index in [1.807, 2.05) is 37.3 Å². The number of hydrogen-bond donors (Lipinski definition) is 1. The summed E-state index contributed by atoms with van der Waals surface area (Å²) < 4.78 is 16.1. The molecule has 0 spiro atoms. The van der Waals surface area contributed by atoms with E-state index in [2.05, 4.69) is 15.5 Å². The molecule has 0 atom stereocenters. The standard InChI is InChI=1S/C25H21N3O5/c1-16-8-9-18(25(30)31-2)13-20(16)21-11-10-19(33-21)14-27-28-23(29)15-32-22-7-3-5-17-6-4-12-26-24(17)22/h3-14H,15H2,1-2H3,(H,28,29)/b27-14+. The lowest BCUT2D eigenvalue weighted by Gasteiger charge is -2.07. The molecule has 0 aliphatic carbocycles. The summed E-state index contributed by atoms with van der Waals surface area (Å²) in [5.74, 6) is 0.680. The number of furan rings is 1. The summed E-state index contributed by atoms with van der Waals surface area (Å²) in [6.45, 7) is 1.70. The quantitative estimate of drug-likeness (QED) is 0.262. The molecule has 8 nitrogen and oxygen atoms in total. The first-order valence-corrected chi connectivity index (χ1v) is 10.1. The summed E-state index contributed by atoms with van der Waals surface area (Å²) >= 11 is 0. The average Bonchev–Trinajstić information content (AvgIpc) is 3.31. The third kappa shape index (κ3) is 5.07. The number of hydrogen-bond acceptors (Lipinski definition) is 7. The second-order valence-electron chi connectivity index (χ2n) is 7.14. The molecule has 1 amide bonds. The Kier molecular flexibility index (Phi) is 6.45. The number of para-hydroxylation sites is 1. The van der Waals surface area contributed by atoms with Crippen LogP contribution >= 0.6 is 0 Å². The zero-order valence-corrected chi connectivity index (χ0v) is 18.1. The molecule has 4 rings (SSSR count). The van der Waals surface area contributed by atoms with Crippen LogP contribution in [-0.4, -0.2) is 36.8 Å². The van der Waals surface area contributed by atoms with Crippen LogP contribution in [0.3, 0.4) is 0 Å². The van der Waals surface area contributed by atoms with Gasteiger partial charge in [-0.2, -0.15) is 5.10 Å². The number of carbonyl (C=O) groups excluding carboxylic acids is 2. The molecule has 0 bridgehead atoms. The lowest BCUT2D eigenvalue weighted by molar-refractivity contribution is -0.123. The minimum Gasteiger partial charge on any atom is -0.481 e. The zero-order chi connectivity index (χ0) is 23.2. The number of benzene rings is 2. The Labute approximate surface area is 189 Å². The van der Waals surface area contributed by atoms with Gasteiger partial charge in [0.05, 0.1) is 18.9 Å². The Morgan fingerprint density at radius 1 is 1.12 bits per heavy atom. The van der Waals surface area contributed by atoms with E-state index < -0.39 is 11.9 Å². The molecule has 4 aromatic rings. The maximum absolute atomic E-state index is 12.1. The smallest absolute Gasteiger partial charge is 0.337 e. The third-order valence-corrected chi connectivity index (χ3v) is 4.89. The Hall–Kier alpha value is -4.46. The largest absolute Gasteiger partial charge is 0.481 e. The topological polar surface area (TPSA) is 103 Å². The van der Waals surface area contributed by atoms with Gasteiger partial charge >= 0.3 is 5.97 Å². The molecule has 0 fully saturated rings. The van der Waals surface area contributed by atoms with Crippen LogP contribution in [0.4, 0.5) is 0 Å². The molecule has 166 valence electrons. The lowest BCUT2D eigenvalue weighted by atomic mass is 10.0. The van der Waals surface area contributed by atoms with Crippen LogP contribution in [0.15, 0.2) is 76.4 Å². The first kappa shape index (κ1) is 21.8. The summed E-state index contributed by atoms with van der Waals surface area (Å²) in [5, 5.41) is 4.84. The molecule has 0 radical (unpaired) electrons. The van der Waals surface area contributed by atoms with Crippen molar-refractivity contribution in [3.05, 3.63) is 83.7 Å². The highest BCUT2D eigenvalue weighted by molar-refractivity contribution is 5.91. The summed E-state index contributed by atoms with van der Waals surface area (Å²) in [6, 6.07) is 18.0. The SMILES string of the molecule is COC(=O)c1ccc(C)c(-c2ccc(/C=N/NC(=O)COc3cccc4cccnc34)o2)c1. The minimum atomic E-state index is -0.424. The number of esters is 1. The van der Waals surface area contributed by atoms with E-state index in [4.69, 9.17) is 13.9 Å². The fourth-order valence-electron chi connectivity index (χ4n) is 3.24. The number of aromatic nitrogens is 1. The van der Waals surface area contributed by atoms with Crippen LogP contribution in [0.5, 0.6) is 5.75 Å². The second-order valence-corrected chi connectivity index (χ2v) is 7.14. The van der Waals surface area contributed by atoms with Crippen molar-refractivity contribution in [1.29, 1.82) is 0 Å². The molecule has 0 aliphatic rings. The van der Waals surface area contributed by atoms with Gasteiger partial charge in [-0.3, -0.25) is 9.78 Å². The van der Waals surface area contributed by atoms with Gasteiger partial charge in [0.2, 0.25) is 0 Å². The van der Waals surface area contributed by atoms with E-state index in [1.54, 1.807) is 36.5 Å². The van der Waals surface area contributed by atoms with E-state index >= 15 is 0 Å². The number of aryl methyl sites for hydroxylation is 1. The molecule has 0 unspecified atom stereocenters. The Balaban J connectivity index is 1.37. The van der Waals surface area contributed by atoms with Crippen molar-refractivity contribution in [2.24, 2.45) is 5.10 Å². The maximum Gasteiger partial charge on any atom is 0.337 e. The number of fused-ring (bicyclic) bond motifs is 1. The van der Waals surface area contributed by atoms with Gasteiger partial charge < -0.3 is 13.9 Å². The number of rotatable bonds is 7. The number of carbonyl (C=O) groups is 2. The Morgan fingerprint density at radius 3 is 2.82 bits per heavy atom. The second kappa shape index (κ2) is 9.78. The summed E-state index contributed by atoms with van der Waals surface area (Å²) in [6.07, 6.45) is 3.06. The van der Waals surface area contributed by atoms with Crippen molar-refractivity contribution in [3.8, 4) is 17.1 Å². The maximum atomic E-state index is 12.1. The molecular weight excluding hydrogens is 422 g/mol. The van der Waals surface area contributed by atoms with Gasteiger partial charge in [-0.05, 0) is 48.9 Å². The van der Waals surface area contributed by atoms with E-state index in [9.17, 15) is 9.59 Å². The van der Waals surface area contributed by atoms with Gasteiger partial charge in [0.15, 0.2) is 6.61 Å². The fourth-order valence-corrected chi connectivity index (χ4v) is 3.24. The van der Waals surface area contributed by atoms with Gasteiger partial charge in [-0.1, -0.05) is 24.3 Å². The number of amides is 1. The van der Waals surface area contributed by atoms with Crippen molar-refractivity contribution in [2.45, 2.75) is 6.92 Å². The van der Waals surface area contributed by atoms with Crippen LogP contribution in [0, 0.1) is 6.92 Å². The predicted molar refractivity (Wildman–Crippen MR) is 123 cm³/mol. The highest BCUT2D eigenvalue weighted by atomic mass is 16.5. The number of ether oxygens (including phenoxy) is 2. The molecule has 2 aromatic heterocycles. The summed E-state index contributed by atoms with van der Waals surface area (Å²) in [5.41, 5.74) is 5.22. The number of nitrogens with zero attached hydrogens (tertiary/aromatic N) is 2. The molecule has 0 saturated heterocycles. The van der Waals surface area contributed by atoms with Crippen LogP contribution in [0.1, 0.15) is 21.7 Å². The molecule has 2 aromatic carbocycles. The van der Waals surface area contributed by atoms with Gasteiger partial charge in [0.1, 0.15) is 22.8 Å². The summed E-state index contributed by atoms with van der Waals surface area (Å²) in [7, 11) is 1.33. The van der Waals surface area contributed by atoms with Crippen molar-refractivity contribution < 1.29 is 23.5 Å². The normalized spacial score (nSPS) is 11.0. The highest BCUT2D eigenvalue weighted by Gasteiger charge is 2.12. The Bertz CT molecular complexity index is 1340. The molecular formula is C25H21N3O5. The van der Waals surface area contributed by atoms with E-state index in [0.29, 0.717) is 28.4 Å². The van der Waals surface area contributed by atoms with Crippen molar-refractivity contribution >= 4 is 29.0 Å². The predicted octanol–water partition coefficient (Wildman–Crippen LogP) is 4.12. The fraction of sp³-hybridized carbons (Fsp3) is 0.120. The van der Waals surface area contributed by atoms with Gasteiger partial charge in [-0.15, -0.1) is 0 Å².